The van der Waals surface area contributed by atoms with Gasteiger partial charge in [-0.15, -0.1) is 0 Å². The molecular formula is C16H15BrO3. The largest absolute Gasteiger partial charge is 0.497 e. The third-order valence-corrected chi connectivity index (χ3v) is 3.87. The van der Waals surface area contributed by atoms with Crippen molar-refractivity contribution in [1.29, 1.82) is 0 Å². The fourth-order valence-electron chi connectivity index (χ4n) is 2.12. The molecule has 0 bridgehead atoms. The van der Waals surface area contributed by atoms with Crippen LogP contribution in [0.5, 0.6) is 5.75 Å². The first-order chi connectivity index (χ1) is 9.61. The highest BCUT2D eigenvalue weighted by atomic mass is 79.9. The Bertz CT molecular complexity index is 610. The number of hydrogen-bond donors (Lipinski definition) is 1. The number of hydrogen-bond acceptors (Lipinski definition) is 2. The maximum absolute atomic E-state index is 11.6. The molecular weight excluding hydrogens is 320 g/mol. The van der Waals surface area contributed by atoms with Gasteiger partial charge in [0.05, 0.1) is 13.0 Å². The first kappa shape index (κ1) is 14.6. The van der Waals surface area contributed by atoms with E-state index in [1.165, 1.54) is 0 Å². The lowest BCUT2D eigenvalue weighted by Gasteiger charge is -2.15. The Kier molecular flexibility index (Phi) is 4.79. The number of carboxylic acids is 1. The second-order valence-corrected chi connectivity index (χ2v) is 5.32. The van der Waals surface area contributed by atoms with Crippen molar-refractivity contribution in [3.8, 4) is 5.75 Å². The van der Waals surface area contributed by atoms with Crippen molar-refractivity contribution in [2.45, 2.75) is 12.3 Å². The lowest BCUT2D eigenvalue weighted by Crippen LogP contribution is -2.15. The average molecular weight is 335 g/mol. The number of carboxylic acid groups (broad SMARTS) is 1. The lowest BCUT2D eigenvalue weighted by atomic mass is 9.92. The summed E-state index contributed by atoms with van der Waals surface area (Å²) in [6, 6.07) is 14.9. The molecule has 0 aromatic heterocycles. The zero-order valence-corrected chi connectivity index (χ0v) is 12.6. The first-order valence-electron chi connectivity index (χ1n) is 6.22. The van der Waals surface area contributed by atoms with Gasteiger partial charge in [-0.25, -0.2) is 0 Å². The molecule has 0 heterocycles. The maximum atomic E-state index is 11.6. The van der Waals surface area contributed by atoms with Gasteiger partial charge in [0.1, 0.15) is 5.75 Å². The summed E-state index contributed by atoms with van der Waals surface area (Å²) in [6.07, 6.45) is 0.426. The minimum atomic E-state index is -0.834. The van der Waals surface area contributed by atoms with Crippen molar-refractivity contribution < 1.29 is 14.6 Å². The van der Waals surface area contributed by atoms with Crippen molar-refractivity contribution in [3.63, 3.8) is 0 Å². The molecule has 0 radical (unpaired) electrons. The van der Waals surface area contributed by atoms with Crippen LogP contribution in [0.4, 0.5) is 0 Å². The van der Waals surface area contributed by atoms with Crippen LogP contribution in [0.1, 0.15) is 17.0 Å². The Hall–Kier alpha value is -1.81. The summed E-state index contributed by atoms with van der Waals surface area (Å²) < 4.78 is 5.98. The zero-order valence-electron chi connectivity index (χ0n) is 11.0. The smallest absolute Gasteiger partial charge is 0.311 e. The first-order valence-corrected chi connectivity index (χ1v) is 7.01. The highest BCUT2D eigenvalue weighted by molar-refractivity contribution is 9.10. The third kappa shape index (κ3) is 3.39. The van der Waals surface area contributed by atoms with Gasteiger partial charge in [-0.3, -0.25) is 4.79 Å². The molecule has 2 aromatic carbocycles. The van der Waals surface area contributed by atoms with Crippen LogP contribution in [-0.2, 0) is 11.2 Å². The van der Waals surface area contributed by atoms with Gasteiger partial charge in [0.2, 0.25) is 0 Å². The number of aliphatic carboxylic acids is 1. The van der Waals surface area contributed by atoms with E-state index in [1.54, 1.807) is 7.11 Å². The van der Waals surface area contributed by atoms with Crippen molar-refractivity contribution in [3.05, 3.63) is 64.1 Å². The Labute approximate surface area is 126 Å². The standard InChI is InChI=1S/C16H15BrO3/c1-20-12-6-4-5-11(9-12)10-14(16(18)19)13-7-2-3-8-15(13)17/h2-9,14H,10H2,1H3,(H,18,19). The normalized spacial score (nSPS) is 11.9. The van der Waals surface area contributed by atoms with Crippen LogP contribution in [0, 0.1) is 0 Å². The molecule has 0 aliphatic heterocycles. The average Bonchev–Trinajstić information content (AvgIpc) is 2.45. The summed E-state index contributed by atoms with van der Waals surface area (Å²) in [5.74, 6) is -0.684. The molecule has 0 saturated heterocycles. The summed E-state index contributed by atoms with van der Waals surface area (Å²) in [6.45, 7) is 0. The van der Waals surface area contributed by atoms with Crippen LogP contribution in [-0.4, -0.2) is 18.2 Å². The topological polar surface area (TPSA) is 46.5 Å². The minimum Gasteiger partial charge on any atom is -0.497 e. The predicted octanol–water partition coefficient (Wildman–Crippen LogP) is 3.87. The number of rotatable bonds is 5. The monoisotopic (exact) mass is 334 g/mol. The van der Waals surface area contributed by atoms with Crippen LogP contribution in [0.3, 0.4) is 0 Å². The Morgan fingerprint density at radius 3 is 2.65 bits per heavy atom. The predicted molar refractivity (Wildman–Crippen MR) is 81.2 cm³/mol. The Balaban J connectivity index is 2.31. The molecule has 4 heteroatoms. The summed E-state index contributed by atoms with van der Waals surface area (Å²) in [5.41, 5.74) is 1.72. The summed E-state index contributed by atoms with van der Waals surface area (Å²) >= 11 is 3.42. The van der Waals surface area contributed by atoms with Crippen LogP contribution < -0.4 is 4.74 Å². The number of benzene rings is 2. The number of ether oxygens (including phenoxy) is 1. The van der Waals surface area contributed by atoms with E-state index in [4.69, 9.17) is 4.74 Å². The van der Waals surface area contributed by atoms with Gasteiger partial charge in [0, 0.05) is 4.47 Å². The molecule has 3 nitrogen and oxygen atoms in total. The molecule has 0 spiro atoms. The van der Waals surface area contributed by atoms with E-state index in [-0.39, 0.29) is 0 Å². The maximum Gasteiger partial charge on any atom is 0.311 e. The van der Waals surface area contributed by atoms with Crippen molar-refractivity contribution in [2.24, 2.45) is 0 Å². The molecule has 0 amide bonds. The van der Waals surface area contributed by atoms with E-state index < -0.39 is 11.9 Å². The second kappa shape index (κ2) is 6.57. The Morgan fingerprint density at radius 1 is 1.25 bits per heavy atom. The van der Waals surface area contributed by atoms with Gasteiger partial charge in [-0.2, -0.15) is 0 Å². The molecule has 1 N–H and O–H groups in total. The zero-order chi connectivity index (χ0) is 14.5. The molecule has 1 unspecified atom stereocenters. The molecule has 0 fully saturated rings. The van der Waals surface area contributed by atoms with Crippen molar-refractivity contribution >= 4 is 21.9 Å². The highest BCUT2D eigenvalue weighted by Crippen LogP contribution is 2.29. The second-order valence-electron chi connectivity index (χ2n) is 4.47. The molecule has 1 atom stereocenters. The van der Waals surface area contributed by atoms with E-state index in [1.807, 2.05) is 48.5 Å². The van der Waals surface area contributed by atoms with Gasteiger partial charge in [-0.05, 0) is 35.7 Å². The minimum absolute atomic E-state index is 0.426. The van der Waals surface area contributed by atoms with Crippen LogP contribution in [0.2, 0.25) is 0 Å². The van der Waals surface area contributed by atoms with Gasteiger partial charge < -0.3 is 9.84 Å². The van der Waals surface area contributed by atoms with E-state index >= 15 is 0 Å². The fourth-order valence-corrected chi connectivity index (χ4v) is 2.68. The molecule has 104 valence electrons. The van der Waals surface area contributed by atoms with Crippen LogP contribution >= 0.6 is 15.9 Å². The lowest BCUT2D eigenvalue weighted by molar-refractivity contribution is -0.138. The van der Waals surface area contributed by atoms with Gasteiger partial charge in [-0.1, -0.05) is 46.3 Å². The molecule has 0 aliphatic carbocycles. The SMILES string of the molecule is COc1cccc(CC(C(=O)O)c2ccccc2Br)c1. The molecule has 20 heavy (non-hydrogen) atoms. The van der Waals surface area contributed by atoms with E-state index in [9.17, 15) is 9.90 Å². The van der Waals surface area contributed by atoms with E-state index in [0.717, 1.165) is 21.3 Å². The summed E-state index contributed by atoms with van der Waals surface area (Å²) in [5, 5.41) is 9.49. The summed E-state index contributed by atoms with van der Waals surface area (Å²) in [7, 11) is 1.60. The van der Waals surface area contributed by atoms with Crippen LogP contribution in [0.25, 0.3) is 0 Å². The van der Waals surface area contributed by atoms with Crippen LogP contribution in [0.15, 0.2) is 53.0 Å². The molecule has 2 rings (SSSR count). The van der Waals surface area contributed by atoms with Crippen molar-refractivity contribution in [2.75, 3.05) is 7.11 Å². The van der Waals surface area contributed by atoms with Crippen molar-refractivity contribution in [1.82, 2.24) is 0 Å². The number of halogens is 1. The third-order valence-electron chi connectivity index (χ3n) is 3.15. The van der Waals surface area contributed by atoms with E-state index in [2.05, 4.69) is 15.9 Å². The number of methoxy groups -OCH3 is 1. The number of carbonyl (C=O) groups is 1. The molecule has 2 aromatic rings. The quantitative estimate of drug-likeness (QED) is 0.902. The van der Waals surface area contributed by atoms with Gasteiger partial charge >= 0.3 is 5.97 Å². The molecule has 0 saturated carbocycles. The molecule has 0 aliphatic rings. The Morgan fingerprint density at radius 2 is 2.00 bits per heavy atom. The highest BCUT2D eigenvalue weighted by Gasteiger charge is 2.22. The van der Waals surface area contributed by atoms with E-state index in [0.29, 0.717) is 6.42 Å². The van der Waals surface area contributed by atoms with Gasteiger partial charge in [0.25, 0.3) is 0 Å². The fraction of sp³-hybridized carbons (Fsp3) is 0.188. The van der Waals surface area contributed by atoms with Gasteiger partial charge in [0.15, 0.2) is 0 Å². The summed E-state index contributed by atoms with van der Waals surface area (Å²) in [4.78, 5) is 11.6.